The minimum absolute atomic E-state index is 0.321. The van der Waals surface area contributed by atoms with Crippen molar-refractivity contribution < 1.29 is 0 Å². The van der Waals surface area contributed by atoms with Gasteiger partial charge in [-0.25, -0.2) is 0 Å². The topological polar surface area (TPSA) is 44.9 Å². The van der Waals surface area contributed by atoms with E-state index in [-0.39, 0.29) is 0 Å². The monoisotopic (exact) mass is 310 g/mol. The van der Waals surface area contributed by atoms with E-state index in [4.69, 9.17) is 10.7 Å². The number of guanidine groups is 1. The second kappa shape index (κ2) is 7.23. The van der Waals surface area contributed by atoms with Crippen LogP contribution in [0.5, 0.6) is 0 Å². The second-order valence-electron chi connectivity index (χ2n) is 6.75. The maximum absolute atomic E-state index is 6.27. The van der Waals surface area contributed by atoms with Gasteiger partial charge in [-0.1, -0.05) is 12.8 Å². The molecule has 21 heavy (non-hydrogen) atoms. The fourth-order valence-corrected chi connectivity index (χ4v) is 5.00. The number of hydrogen-bond acceptors (Lipinski definition) is 3. The fraction of sp³-hybridized carbons (Fsp3) is 0.938. The molecule has 3 aliphatic rings. The van der Waals surface area contributed by atoms with Gasteiger partial charge in [0, 0.05) is 43.2 Å². The van der Waals surface area contributed by atoms with E-state index in [1.165, 1.54) is 69.5 Å². The van der Waals surface area contributed by atoms with Gasteiger partial charge in [0.15, 0.2) is 5.96 Å². The van der Waals surface area contributed by atoms with Crippen LogP contribution in [0.25, 0.3) is 0 Å². The van der Waals surface area contributed by atoms with Crippen molar-refractivity contribution in [2.24, 2.45) is 10.7 Å². The summed E-state index contributed by atoms with van der Waals surface area (Å²) in [5, 5.41) is 0. The summed E-state index contributed by atoms with van der Waals surface area (Å²) in [6.45, 7) is 5.60. The third-order valence-electron chi connectivity index (χ3n) is 5.43. The SMILES string of the molecule is NC(=NCC1(N2CCSCC2)CCCC1)N1CCCCC1. The van der Waals surface area contributed by atoms with E-state index in [2.05, 4.69) is 21.6 Å². The molecule has 0 atom stereocenters. The number of piperidine rings is 1. The molecule has 0 radical (unpaired) electrons. The highest BCUT2D eigenvalue weighted by Gasteiger charge is 2.39. The van der Waals surface area contributed by atoms with Crippen LogP contribution in [-0.4, -0.2) is 65.5 Å². The molecule has 0 aromatic carbocycles. The first kappa shape index (κ1) is 15.5. The lowest BCUT2D eigenvalue weighted by Crippen LogP contribution is -2.53. The Morgan fingerprint density at radius 2 is 1.62 bits per heavy atom. The molecule has 1 aliphatic carbocycles. The number of nitrogens with zero attached hydrogens (tertiary/aromatic N) is 3. The van der Waals surface area contributed by atoms with Crippen LogP contribution in [0.15, 0.2) is 4.99 Å². The van der Waals surface area contributed by atoms with Crippen molar-refractivity contribution >= 4 is 17.7 Å². The Kier molecular flexibility index (Phi) is 5.33. The molecule has 2 aliphatic heterocycles. The average molecular weight is 311 g/mol. The van der Waals surface area contributed by atoms with Crippen molar-refractivity contribution in [1.82, 2.24) is 9.80 Å². The Balaban J connectivity index is 1.64. The van der Waals surface area contributed by atoms with Gasteiger partial charge in [-0.3, -0.25) is 9.89 Å². The van der Waals surface area contributed by atoms with Crippen LogP contribution < -0.4 is 5.73 Å². The van der Waals surface area contributed by atoms with E-state index in [1.54, 1.807) is 0 Å². The zero-order valence-electron chi connectivity index (χ0n) is 13.2. The van der Waals surface area contributed by atoms with E-state index in [1.807, 2.05) is 0 Å². The highest BCUT2D eigenvalue weighted by molar-refractivity contribution is 7.99. The highest BCUT2D eigenvalue weighted by Crippen LogP contribution is 2.37. The Hall–Kier alpha value is -0.420. The van der Waals surface area contributed by atoms with Gasteiger partial charge in [-0.05, 0) is 32.1 Å². The lowest BCUT2D eigenvalue weighted by atomic mass is 9.95. The van der Waals surface area contributed by atoms with Crippen LogP contribution >= 0.6 is 11.8 Å². The van der Waals surface area contributed by atoms with Crippen molar-refractivity contribution in [2.75, 3.05) is 44.2 Å². The van der Waals surface area contributed by atoms with Gasteiger partial charge >= 0.3 is 0 Å². The molecule has 2 N–H and O–H groups in total. The van der Waals surface area contributed by atoms with Crippen molar-refractivity contribution in [3.05, 3.63) is 0 Å². The maximum atomic E-state index is 6.27. The van der Waals surface area contributed by atoms with E-state index in [9.17, 15) is 0 Å². The Morgan fingerprint density at radius 1 is 0.952 bits per heavy atom. The molecule has 0 spiro atoms. The van der Waals surface area contributed by atoms with Gasteiger partial charge in [0.2, 0.25) is 0 Å². The standard InChI is InChI=1S/C16H30N4S/c17-15(19-8-4-1-5-9-19)18-14-16(6-2-3-7-16)20-10-12-21-13-11-20/h1-14H2,(H2,17,18). The first-order chi connectivity index (χ1) is 10.3. The van der Waals surface area contributed by atoms with Gasteiger partial charge in [0.05, 0.1) is 6.54 Å². The van der Waals surface area contributed by atoms with Crippen LogP contribution in [0.4, 0.5) is 0 Å². The second-order valence-corrected chi connectivity index (χ2v) is 7.98. The van der Waals surface area contributed by atoms with E-state index >= 15 is 0 Å². The molecule has 0 bridgehead atoms. The van der Waals surface area contributed by atoms with Crippen molar-refractivity contribution in [2.45, 2.75) is 50.5 Å². The van der Waals surface area contributed by atoms with Crippen LogP contribution in [0.3, 0.4) is 0 Å². The molecular weight excluding hydrogens is 280 g/mol. The largest absolute Gasteiger partial charge is 0.370 e. The summed E-state index contributed by atoms with van der Waals surface area (Å²) in [6.07, 6.45) is 9.24. The number of aliphatic imine (C=N–C) groups is 1. The van der Waals surface area contributed by atoms with Crippen molar-refractivity contribution in [3.63, 3.8) is 0 Å². The van der Waals surface area contributed by atoms with Crippen LogP contribution in [-0.2, 0) is 0 Å². The lowest BCUT2D eigenvalue weighted by molar-refractivity contribution is 0.112. The predicted molar refractivity (Wildman–Crippen MR) is 92.0 cm³/mol. The van der Waals surface area contributed by atoms with Gasteiger partial charge in [0.25, 0.3) is 0 Å². The quantitative estimate of drug-likeness (QED) is 0.641. The number of rotatable bonds is 3. The van der Waals surface area contributed by atoms with Crippen molar-refractivity contribution in [3.8, 4) is 0 Å². The molecular formula is C16H30N4S. The number of thioether (sulfide) groups is 1. The molecule has 0 aromatic rings. The maximum Gasteiger partial charge on any atom is 0.191 e. The van der Waals surface area contributed by atoms with Crippen LogP contribution in [0, 0.1) is 0 Å². The molecule has 4 nitrogen and oxygen atoms in total. The van der Waals surface area contributed by atoms with Gasteiger partial charge in [-0.15, -0.1) is 0 Å². The first-order valence-electron chi connectivity index (χ1n) is 8.68. The highest BCUT2D eigenvalue weighted by atomic mass is 32.2. The van der Waals surface area contributed by atoms with Gasteiger partial charge in [-0.2, -0.15) is 11.8 Å². The number of nitrogens with two attached hydrogens (primary N) is 1. The molecule has 0 aromatic heterocycles. The molecule has 5 heteroatoms. The lowest BCUT2D eigenvalue weighted by Gasteiger charge is -2.42. The third kappa shape index (κ3) is 3.67. The fourth-order valence-electron chi connectivity index (χ4n) is 4.10. The summed E-state index contributed by atoms with van der Waals surface area (Å²) < 4.78 is 0. The molecule has 2 heterocycles. The minimum Gasteiger partial charge on any atom is -0.370 e. The zero-order valence-corrected chi connectivity index (χ0v) is 14.0. The molecule has 120 valence electrons. The van der Waals surface area contributed by atoms with E-state index in [0.29, 0.717) is 5.54 Å². The van der Waals surface area contributed by atoms with Crippen LogP contribution in [0.1, 0.15) is 44.9 Å². The zero-order chi connectivity index (χ0) is 14.5. The number of likely N-dealkylation sites (tertiary alicyclic amines) is 1. The smallest absolute Gasteiger partial charge is 0.191 e. The summed E-state index contributed by atoms with van der Waals surface area (Å²) in [4.78, 5) is 9.86. The van der Waals surface area contributed by atoms with Crippen molar-refractivity contribution in [1.29, 1.82) is 0 Å². The molecule has 2 saturated heterocycles. The van der Waals surface area contributed by atoms with E-state index in [0.717, 1.165) is 25.6 Å². The van der Waals surface area contributed by atoms with Crippen LogP contribution in [0.2, 0.25) is 0 Å². The van der Waals surface area contributed by atoms with E-state index < -0.39 is 0 Å². The molecule has 0 amide bonds. The Bertz CT molecular complexity index is 353. The van der Waals surface area contributed by atoms with Gasteiger partial charge < -0.3 is 10.6 Å². The Labute approximate surface area is 133 Å². The first-order valence-corrected chi connectivity index (χ1v) is 9.83. The predicted octanol–water partition coefficient (Wildman–Crippen LogP) is 2.15. The Morgan fingerprint density at radius 3 is 2.29 bits per heavy atom. The summed E-state index contributed by atoms with van der Waals surface area (Å²) in [6, 6.07) is 0. The molecule has 1 saturated carbocycles. The van der Waals surface area contributed by atoms with Gasteiger partial charge in [0.1, 0.15) is 0 Å². The average Bonchev–Trinajstić information content (AvgIpc) is 3.04. The normalized spacial score (nSPS) is 28.0. The summed E-state index contributed by atoms with van der Waals surface area (Å²) in [5.74, 6) is 3.37. The number of hydrogen-bond donors (Lipinski definition) is 1. The molecule has 3 rings (SSSR count). The summed E-state index contributed by atoms with van der Waals surface area (Å²) >= 11 is 2.09. The molecule has 0 unspecified atom stereocenters. The third-order valence-corrected chi connectivity index (χ3v) is 6.37. The molecule has 3 fully saturated rings. The summed E-state index contributed by atoms with van der Waals surface area (Å²) in [5.41, 5.74) is 6.59. The minimum atomic E-state index is 0.321. The summed E-state index contributed by atoms with van der Waals surface area (Å²) in [7, 11) is 0.